The quantitative estimate of drug-likeness (QED) is 0.530. The molecule has 0 aliphatic heterocycles. The number of hydrogen-bond acceptors (Lipinski definition) is 3. The van der Waals surface area contributed by atoms with Crippen molar-refractivity contribution in [2.75, 3.05) is 0 Å². The van der Waals surface area contributed by atoms with Gasteiger partial charge in [-0.15, -0.1) is 0 Å². The number of rotatable bonds is 2. The average molecular weight is 233 g/mol. The monoisotopic (exact) mass is 233 g/mol. The predicted molar refractivity (Wildman–Crippen MR) is 52.8 cm³/mol. The molecule has 0 bridgehead atoms. The molecule has 0 spiro atoms. The second-order valence-electron chi connectivity index (χ2n) is 3.06. The SMILES string of the molecule is CC(N)=CC(N)=Nc1cc(C(F)(F)F)[nH]n1. The maximum Gasteiger partial charge on any atom is 0.432 e. The number of nitrogens with zero attached hydrogens (tertiary/aromatic N) is 2. The lowest BCUT2D eigenvalue weighted by molar-refractivity contribution is -0.141. The van der Waals surface area contributed by atoms with Crippen molar-refractivity contribution in [3.05, 3.63) is 23.5 Å². The molecule has 88 valence electrons. The van der Waals surface area contributed by atoms with Crippen LogP contribution in [0.2, 0.25) is 0 Å². The van der Waals surface area contributed by atoms with Crippen LogP contribution in [-0.4, -0.2) is 16.0 Å². The fourth-order valence-electron chi connectivity index (χ4n) is 0.911. The normalized spacial score (nSPS) is 14.2. The molecule has 0 radical (unpaired) electrons. The van der Waals surface area contributed by atoms with Crippen molar-refractivity contribution in [2.24, 2.45) is 16.5 Å². The molecule has 0 aliphatic rings. The van der Waals surface area contributed by atoms with Gasteiger partial charge in [-0.1, -0.05) is 0 Å². The van der Waals surface area contributed by atoms with Crippen LogP contribution in [0.25, 0.3) is 0 Å². The molecule has 8 heteroatoms. The van der Waals surface area contributed by atoms with Gasteiger partial charge in [0.1, 0.15) is 11.5 Å². The third-order valence-electron chi connectivity index (χ3n) is 1.49. The van der Waals surface area contributed by atoms with Crippen molar-refractivity contribution in [2.45, 2.75) is 13.1 Å². The molecule has 1 aromatic rings. The number of halogens is 3. The summed E-state index contributed by atoms with van der Waals surface area (Å²) in [5.74, 6) is -0.164. The molecular weight excluding hydrogens is 223 g/mol. The Hall–Kier alpha value is -1.99. The molecule has 1 heterocycles. The summed E-state index contributed by atoms with van der Waals surface area (Å²) in [7, 11) is 0. The van der Waals surface area contributed by atoms with Crippen LogP contribution in [-0.2, 0) is 6.18 Å². The van der Waals surface area contributed by atoms with Crippen LogP contribution in [0.4, 0.5) is 19.0 Å². The van der Waals surface area contributed by atoms with Crippen molar-refractivity contribution in [3.63, 3.8) is 0 Å². The third kappa shape index (κ3) is 3.30. The summed E-state index contributed by atoms with van der Waals surface area (Å²) in [6, 6.07) is 0.756. The summed E-state index contributed by atoms with van der Waals surface area (Å²) in [5, 5.41) is 5.16. The van der Waals surface area contributed by atoms with E-state index in [2.05, 4.69) is 10.1 Å². The van der Waals surface area contributed by atoms with Gasteiger partial charge in [-0.3, -0.25) is 5.10 Å². The van der Waals surface area contributed by atoms with E-state index in [1.54, 1.807) is 6.92 Å². The Bertz CT molecular complexity index is 425. The number of nitrogens with two attached hydrogens (primary N) is 2. The number of aliphatic imine (C=N–C) groups is 1. The molecule has 0 fully saturated rings. The highest BCUT2D eigenvalue weighted by Gasteiger charge is 2.33. The Morgan fingerprint density at radius 2 is 2.12 bits per heavy atom. The molecule has 1 aromatic heterocycles. The zero-order valence-electron chi connectivity index (χ0n) is 8.34. The van der Waals surface area contributed by atoms with Crippen LogP contribution in [0.5, 0.6) is 0 Å². The van der Waals surface area contributed by atoms with Crippen molar-refractivity contribution < 1.29 is 13.2 Å². The highest BCUT2D eigenvalue weighted by Crippen LogP contribution is 2.29. The smallest absolute Gasteiger partial charge is 0.402 e. The van der Waals surface area contributed by atoms with Gasteiger partial charge in [-0.05, 0) is 13.0 Å². The third-order valence-corrected chi connectivity index (χ3v) is 1.49. The molecular formula is C8H10F3N5. The summed E-state index contributed by atoms with van der Waals surface area (Å²) in [6.45, 7) is 1.58. The van der Waals surface area contributed by atoms with E-state index in [4.69, 9.17) is 11.5 Å². The fraction of sp³-hybridized carbons (Fsp3) is 0.250. The number of hydrogen-bond donors (Lipinski definition) is 3. The van der Waals surface area contributed by atoms with E-state index >= 15 is 0 Å². The van der Waals surface area contributed by atoms with Crippen LogP contribution in [0.15, 0.2) is 22.8 Å². The summed E-state index contributed by atoms with van der Waals surface area (Å²) >= 11 is 0. The lowest BCUT2D eigenvalue weighted by Crippen LogP contribution is -2.09. The summed E-state index contributed by atoms with van der Waals surface area (Å²) < 4.78 is 36.5. The van der Waals surface area contributed by atoms with Gasteiger partial charge in [-0.2, -0.15) is 18.3 Å². The Kier molecular flexibility index (Phi) is 3.21. The first-order valence-corrected chi connectivity index (χ1v) is 4.19. The number of allylic oxidation sites excluding steroid dienone is 1. The second kappa shape index (κ2) is 4.25. The number of aromatic nitrogens is 2. The molecule has 0 amide bonds. The van der Waals surface area contributed by atoms with Crippen molar-refractivity contribution in [1.82, 2.24) is 10.2 Å². The van der Waals surface area contributed by atoms with E-state index in [0.29, 0.717) is 5.70 Å². The lowest BCUT2D eigenvalue weighted by atomic mass is 10.4. The Balaban J connectivity index is 2.92. The zero-order valence-corrected chi connectivity index (χ0v) is 8.34. The van der Waals surface area contributed by atoms with Crippen LogP contribution in [0.3, 0.4) is 0 Å². The molecule has 0 atom stereocenters. The zero-order chi connectivity index (χ0) is 12.3. The summed E-state index contributed by atoms with van der Waals surface area (Å²) in [6.07, 6.45) is -3.16. The van der Waals surface area contributed by atoms with Gasteiger partial charge in [0, 0.05) is 11.8 Å². The first-order chi connectivity index (χ1) is 7.29. The van der Waals surface area contributed by atoms with Gasteiger partial charge in [-0.25, -0.2) is 4.99 Å². The Labute approximate surface area is 89.0 Å². The van der Waals surface area contributed by atoms with Crippen molar-refractivity contribution in [1.29, 1.82) is 0 Å². The van der Waals surface area contributed by atoms with E-state index in [1.807, 2.05) is 5.10 Å². The standard InChI is InChI=1S/C8H10F3N5/c1-4(12)2-6(13)14-7-3-5(15-16-7)8(9,10)11/h2-3H,12H2,1H3,(H3,13,14,15,16). The molecule has 1 rings (SSSR count). The van der Waals surface area contributed by atoms with Crippen LogP contribution in [0.1, 0.15) is 12.6 Å². The lowest BCUT2D eigenvalue weighted by Gasteiger charge is -1.99. The van der Waals surface area contributed by atoms with E-state index in [1.165, 1.54) is 6.08 Å². The number of alkyl halides is 3. The number of nitrogens with one attached hydrogen (secondary N) is 1. The van der Waals surface area contributed by atoms with Gasteiger partial charge < -0.3 is 11.5 Å². The van der Waals surface area contributed by atoms with E-state index < -0.39 is 11.9 Å². The molecule has 0 unspecified atom stereocenters. The minimum Gasteiger partial charge on any atom is -0.402 e. The van der Waals surface area contributed by atoms with Crippen molar-refractivity contribution >= 4 is 11.7 Å². The first-order valence-electron chi connectivity index (χ1n) is 4.19. The van der Waals surface area contributed by atoms with Gasteiger partial charge in [0.2, 0.25) is 0 Å². The molecule has 0 aromatic carbocycles. The Morgan fingerprint density at radius 3 is 2.56 bits per heavy atom. The minimum atomic E-state index is -4.48. The van der Waals surface area contributed by atoms with Crippen molar-refractivity contribution in [3.8, 4) is 0 Å². The molecule has 0 aliphatic carbocycles. The van der Waals surface area contributed by atoms with Gasteiger partial charge in [0.05, 0.1) is 0 Å². The summed E-state index contributed by atoms with van der Waals surface area (Å²) in [4.78, 5) is 3.63. The number of aromatic amines is 1. The predicted octanol–water partition coefficient (Wildman–Crippen LogP) is 1.28. The highest BCUT2D eigenvalue weighted by molar-refractivity contribution is 5.93. The van der Waals surface area contributed by atoms with Gasteiger partial charge >= 0.3 is 6.18 Å². The molecule has 0 saturated heterocycles. The maximum absolute atomic E-state index is 12.2. The van der Waals surface area contributed by atoms with Crippen LogP contribution < -0.4 is 11.5 Å². The molecule has 5 N–H and O–H groups in total. The van der Waals surface area contributed by atoms with E-state index in [0.717, 1.165) is 6.07 Å². The fourth-order valence-corrected chi connectivity index (χ4v) is 0.911. The van der Waals surface area contributed by atoms with Gasteiger partial charge in [0.15, 0.2) is 5.82 Å². The largest absolute Gasteiger partial charge is 0.432 e. The first kappa shape index (κ1) is 12.1. The highest BCUT2D eigenvalue weighted by atomic mass is 19.4. The molecule has 5 nitrogen and oxygen atoms in total. The van der Waals surface area contributed by atoms with Crippen LogP contribution in [0, 0.1) is 0 Å². The number of amidine groups is 1. The number of H-pyrrole nitrogens is 1. The average Bonchev–Trinajstić information content (AvgIpc) is 2.49. The summed E-state index contributed by atoms with van der Waals surface area (Å²) in [5.41, 5.74) is 10.1. The topological polar surface area (TPSA) is 93.1 Å². The maximum atomic E-state index is 12.2. The molecule has 16 heavy (non-hydrogen) atoms. The minimum absolute atomic E-state index is 0.0137. The molecule has 0 saturated carbocycles. The van der Waals surface area contributed by atoms with E-state index in [9.17, 15) is 13.2 Å². The van der Waals surface area contributed by atoms with Crippen LogP contribution >= 0.6 is 0 Å². The second-order valence-corrected chi connectivity index (χ2v) is 3.06. The van der Waals surface area contributed by atoms with Gasteiger partial charge in [0.25, 0.3) is 0 Å². The Morgan fingerprint density at radius 1 is 1.50 bits per heavy atom. The van der Waals surface area contributed by atoms with E-state index in [-0.39, 0.29) is 11.7 Å².